The Kier molecular flexibility index (Phi) is 4.33. The van der Waals surface area contributed by atoms with E-state index in [1.807, 2.05) is 43.3 Å². The van der Waals surface area contributed by atoms with Gasteiger partial charge in [-0.05, 0) is 23.8 Å². The number of amides is 1. The average molecular weight is 296 g/mol. The third-order valence-electron chi connectivity index (χ3n) is 3.04. The number of carbonyl (C=O) groups excluding carboxylic acids is 1. The van der Waals surface area contributed by atoms with Crippen LogP contribution in [0.1, 0.15) is 17.3 Å². The summed E-state index contributed by atoms with van der Waals surface area (Å²) in [5.74, 6) is 0.389. The monoisotopic (exact) mass is 295 g/mol. The first-order valence-electron chi connectivity index (χ1n) is 6.02. The quantitative estimate of drug-likeness (QED) is 0.854. The molecule has 0 aliphatic carbocycles. The molecule has 0 unspecified atom stereocenters. The second-order valence-electron chi connectivity index (χ2n) is 4.81. The largest absolute Gasteiger partial charge is 0.344 e. The zero-order valence-corrected chi connectivity index (χ0v) is 12.1. The van der Waals surface area contributed by atoms with E-state index in [1.54, 1.807) is 6.07 Å². The Labute approximate surface area is 122 Å². The fourth-order valence-corrected chi connectivity index (χ4v) is 2.29. The molecule has 19 heavy (non-hydrogen) atoms. The Hall–Kier alpha value is -1.25. The predicted molar refractivity (Wildman–Crippen MR) is 81.3 cm³/mol. The Morgan fingerprint density at radius 2 is 1.74 bits per heavy atom. The fourth-order valence-electron chi connectivity index (χ4n) is 1.87. The number of nitrogens with one attached hydrogen (secondary N) is 1. The van der Waals surface area contributed by atoms with Gasteiger partial charge in [0.1, 0.15) is 0 Å². The fraction of sp³-hybridized carbons (Fsp3) is 0.267. The first-order chi connectivity index (χ1) is 9.09. The van der Waals surface area contributed by atoms with Crippen LogP contribution in [0.15, 0.2) is 42.5 Å². The summed E-state index contributed by atoms with van der Waals surface area (Å²) in [7, 11) is 0. The first kappa shape index (κ1) is 14.2. The van der Waals surface area contributed by atoms with Crippen molar-refractivity contribution in [1.29, 1.82) is 0 Å². The maximum absolute atomic E-state index is 12.4. The van der Waals surface area contributed by atoms with E-state index in [4.69, 9.17) is 23.2 Å². The van der Waals surface area contributed by atoms with Crippen LogP contribution in [0.4, 0.5) is 0 Å². The first-order valence-corrected chi connectivity index (χ1v) is 7.09. The summed E-state index contributed by atoms with van der Waals surface area (Å²) in [6.07, 6.45) is 0. The van der Waals surface area contributed by atoms with Crippen molar-refractivity contribution < 1.29 is 4.79 Å². The number of hydrogen-bond acceptors (Lipinski definition) is 1. The molecule has 1 amide bonds. The van der Waals surface area contributed by atoms with E-state index in [1.165, 1.54) is 0 Å². The van der Waals surface area contributed by atoms with Gasteiger partial charge in [0.25, 0.3) is 5.91 Å². The highest BCUT2D eigenvalue weighted by Crippen LogP contribution is 2.19. The van der Waals surface area contributed by atoms with Crippen LogP contribution in [0, 0.1) is 0 Å². The number of hydrogen-bond donors (Lipinski definition) is 1. The van der Waals surface area contributed by atoms with Gasteiger partial charge in [-0.2, -0.15) is 0 Å². The summed E-state index contributed by atoms with van der Waals surface area (Å²) < 4.78 is 0. The molecule has 0 heterocycles. The Bertz CT molecular complexity index is 588. The van der Waals surface area contributed by atoms with Gasteiger partial charge < -0.3 is 5.32 Å². The van der Waals surface area contributed by atoms with Crippen LogP contribution in [0.25, 0.3) is 10.8 Å². The molecule has 4 heteroatoms. The van der Waals surface area contributed by atoms with E-state index in [2.05, 4.69) is 5.32 Å². The number of halogens is 2. The van der Waals surface area contributed by atoms with Crippen molar-refractivity contribution in [3.05, 3.63) is 48.0 Å². The van der Waals surface area contributed by atoms with Crippen LogP contribution in [-0.4, -0.2) is 23.2 Å². The topological polar surface area (TPSA) is 29.1 Å². The number of alkyl halides is 2. The van der Waals surface area contributed by atoms with Crippen LogP contribution in [0.2, 0.25) is 0 Å². The summed E-state index contributed by atoms with van der Waals surface area (Å²) in [5.41, 5.74) is 0.0384. The van der Waals surface area contributed by atoms with Gasteiger partial charge in [-0.3, -0.25) is 4.79 Å². The highest BCUT2D eigenvalue weighted by Gasteiger charge is 2.25. The molecule has 0 aliphatic rings. The molecule has 0 bridgehead atoms. The average Bonchev–Trinajstić information content (AvgIpc) is 2.46. The van der Waals surface area contributed by atoms with Crippen LogP contribution in [0.3, 0.4) is 0 Å². The third-order valence-corrected chi connectivity index (χ3v) is 4.22. The van der Waals surface area contributed by atoms with Crippen LogP contribution >= 0.6 is 23.2 Å². The van der Waals surface area contributed by atoms with Crippen molar-refractivity contribution in [3.63, 3.8) is 0 Å². The highest BCUT2D eigenvalue weighted by molar-refractivity contribution is 6.22. The summed E-state index contributed by atoms with van der Waals surface area (Å²) >= 11 is 11.7. The van der Waals surface area contributed by atoms with Crippen LogP contribution in [-0.2, 0) is 0 Å². The van der Waals surface area contributed by atoms with E-state index in [9.17, 15) is 4.79 Å². The third kappa shape index (κ3) is 3.02. The van der Waals surface area contributed by atoms with Crippen LogP contribution in [0.5, 0.6) is 0 Å². The van der Waals surface area contributed by atoms with Crippen molar-refractivity contribution in [1.82, 2.24) is 5.32 Å². The molecule has 1 N–H and O–H groups in total. The molecule has 2 aromatic rings. The van der Waals surface area contributed by atoms with Gasteiger partial charge in [0.05, 0.1) is 5.54 Å². The molecule has 0 saturated heterocycles. The zero-order valence-electron chi connectivity index (χ0n) is 10.6. The minimum atomic E-state index is -0.600. The standard InChI is InChI=1S/C15H15Cl2NO/c1-15(9-16,10-17)18-14(19)13-8-4-6-11-5-2-3-7-12(11)13/h2-8H,9-10H2,1H3,(H,18,19). The summed E-state index contributed by atoms with van der Waals surface area (Å²) in [4.78, 5) is 12.4. The summed E-state index contributed by atoms with van der Waals surface area (Å²) in [5, 5.41) is 4.86. The Balaban J connectivity index is 2.37. The molecule has 0 radical (unpaired) electrons. The number of rotatable bonds is 4. The predicted octanol–water partition coefficient (Wildman–Crippen LogP) is 3.81. The molecular weight excluding hydrogens is 281 g/mol. The van der Waals surface area contributed by atoms with Crippen molar-refractivity contribution in [2.24, 2.45) is 0 Å². The smallest absolute Gasteiger partial charge is 0.252 e. The highest BCUT2D eigenvalue weighted by atomic mass is 35.5. The minimum Gasteiger partial charge on any atom is -0.344 e. The van der Waals surface area contributed by atoms with E-state index in [-0.39, 0.29) is 17.7 Å². The van der Waals surface area contributed by atoms with E-state index in [0.717, 1.165) is 10.8 Å². The SMILES string of the molecule is CC(CCl)(CCl)NC(=O)c1cccc2ccccc12. The van der Waals surface area contributed by atoms with Crippen LogP contribution < -0.4 is 5.32 Å². The molecule has 2 aromatic carbocycles. The molecule has 100 valence electrons. The zero-order chi connectivity index (χ0) is 13.9. The maximum Gasteiger partial charge on any atom is 0.252 e. The van der Waals surface area contributed by atoms with E-state index < -0.39 is 5.54 Å². The normalized spacial score (nSPS) is 11.5. The minimum absolute atomic E-state index is 0.152. The second kappa shape index (κ2) is 5.81. The molecular formula is C15H15Cl2NO. The molecule has 2 rings (SSSR count). The Morgan fingerprint density at radius 1 is 1.11 bits per heavy atom. The molecule has 0 aliphatic heterocycles. The molecule has 0 aromatic heterocycles. The lowest BCUT2D eigenvalue weighted by Crippen LogP contribution is -2.49. The van der Waals surface area contributed by atoms with Crippen molar-refractivity contribution >= 4 is 39.9 Å². The number of carbonyl (C=O) groups is 1. The second-order valence-corrected chi connectivity index (χ2v) is 5.34. The Morgan fingerprint density at radius 3 is 2.42 bits per heavy atom. The number of fused-ring (bicyclic) bond motifs is 1. The van der Waals surface area contributed by atoms with Crippen molar-refractivity contribution in [3.8, 4) is 0 Å². The van der Waals surface area contributed by atoms with E-state index >= 15 is 0 Å². The lowest BCUT2D eigenvalue weighted by Gasteiger charge is -2.26. The lowest BCUT2D eigenvalue weighted by molar-refractivity contribution is 0.0923. The molecule has 0 fully saturated rings. The van der Waals surface area contributed by atoms with Crippen molar-refractivity contribution in [2.75, 3.05) is 11.8 Å². The van der Waals surface area contributed by atoms with Gasteiger partial charge in [-0.15, -0.1) is 23.2 Å². The molecule has 0 saturated carbocycles. The molecule has 2 nitrogen and oxygen atoms in total. The van der Waals surface area contributed by atoms with Gasteiger partial charge in [-0.1, -0.05) is 36.4 Å². The van der Waals surface area contributed by atoms with E-state index in [0.29, 0.717) is 5.56 Å². The van der Waals surface area contributed by atoms with Gasteiger partial charge in [0.2, 0.25) is 0 Å². The molecule has 0 spiro atoms. The lowest BCUT2D eigenvalue weighted by atomic mass is 10.0. The number of benzene rings is 2. The molecule has 0 atom stereocenters. The van der Waals surface area contributed by atoms with Crippen molar-refractivity contribution in [2.45, 2.75) is 12.5 Å². The van der Waals surface area contributed by atoms with Gasteiger partial charge in [0, 0.05) is 17.3 Å². The summed E-state index contributed by atoms with van der Waals surface area (Å²) in [6, 6.07) is 13.4. The summed E-state index contributed by atoms with van der Waals surface area (Å²) in [6.45, 7) is 1.83. The maximum atomic E-state index is 12.4. The van der Waals surface area contributed by atoms with Gasteiger partial charge in [-0.25, -0.2) is 0 Å². The van der Waals surface area contributed by atoms with Gasteiger partial charge >= 0.3 is 0 Å². The van der Waals surface area contributed by atoms with Gasteiger partial charge in [0.15, 0.2) is 0 Å².